The lowest BCUT2D eigenvalue weighted by atomic mass is 9.93. The summed E-state index contributed by atoms with van der Waals surface area (Å²) >= 11 is 0. The van der Waals surface area contributed by atoms with Gasteiger partial charge in [0.05, 0.1) is 6.33 Å². The summed E-state index contributed by atoms with van der Waals surface area (Å²) in [7, 11) is 2.17. The highest BCUT2D eigenvalue weighted by Gasteiger charge is 2.02. The van der Waals surface area contributed by atoms with E-state index in [1.54, 1.807) is 18.6 Å². The molecule has 1 aromatic heterocycles. The van der Waals surface area contributed by atoms with Crippen LogP contribution >= 0.6 is 0 Å². The van der Waals surface area contributed by atoms with E-state index in [1.807, 2.05) is 17.7 Å². The number of hydrogen-bond acceptors (Lipinski definition) is 1. The summed E-state index contributed by atoms with van der Waals surface area (Å²) in [6.45, 7) is 1.87. The van der Waals surface area contributed by atoms with Crippen molar-refractivity contribution in [1.82, 2.24) is 9.55 Å². The first-order valence-corrected chi connectivity index (χ1v) is 9.74. The number of benzene rings is 3. The predicted molar refractivity (Wildman–Crippen MR) is 122 cm³/mol. The first-order valence-electron chi connectivity index (χ1n) is 9.74. The Morgan fingerprint density at radius 3 is 2.07 bits per heavy atom. The van der Waals surface area contributed by atoms with E-state index in [0.717, 1.165) is 17.6 Å². The van der Waals surface area contributed by atoms with Gasteiger partial charge >= 0.3 is 0 Å². The molecule has 0 aliphatic carbocycles. The highest BCUT2D eigenvalue weighted by Crippen LogP contribution is 2.23. The van der Waals surface area contributed by atoms with Crippen molar-refractivity contribution in [3.63, 3.8) is 0 Å². The Morgan fingerprint density at radius 2 is 1.59 bits per heavy atom. The molecule has 2 nitrogen and oxygen atoms in total. The SMILES string of the molecule is BCC=C(c1ccccc1)c1ccccc1.Cc1cc(F)ccc1-n1ccnc1. The van der Waals surface area contributed by atoms with Crippen molar-refractivity contribution in [2.75, 3.05) is 0 Å². The fraction of sp³-hybridized carbons (Fsp3) is 0.0800. The van der Waals surface area contributed by atoms with E-state index in [0.29, 0.717) is 0 Å². The molecule has 0 aliphatic heterocycles. The fourth-order valence-electron chi connectivity index (χ4n) is 3.15. The molecule has 3 aromatic carbocycles. The molecule has 0 radical (unpaired) electrons. The van der Waals surface area contributed by atoms with Crippen molar-refractivity contribution in [2.24, 2.45) is 0 Å². The molecule has 4 rings (SSSR count). The van der Waals surface area contributed by atoms with E-state index >= 15 is 0 Å². The monoisotopic (exact) mass is 382 g/mol. The van der Waals surface area contributed by atoms with Crippen molar-refractivity contribution < 1.29 is 4.39 Å². The lowest BCUT2D eigenvalue weighted by molar-refractivity contribution is 0.626. The number of aryl methyl sites for hydroxylation is 1. The molecule has 0 saturated heterocycles. The zero-order valence-corrected chi connectivity index (χ0v) is 16.8. The molecule has 0 bridgehead atoms. The predicted octanol–water partition coefficient (Wildman–Crippen LogP) is 5.49. The summed E-state index contributed by atoms with van der Waals surface area (Å²) in [5.74, 6) is -0.207. The maximum absolute atomic E-state index is 12.8. The van der Waals surface area contributed by atoms with Crippen molar-refractivity contribution >= 4 is 13.4 Å². The summed E-state index contributed by atoms with van der Waals surface area (Å²) in [6.07, 6.45) is 8.56. The highest BCUT2D eigenvalue weighted by molar-refractivity contribution is 6.10. The van der Waals surface area contributed by atoms with Crippen LogP contribution in [0.4, 0.5) is 4.39 Å². The summed E-state index contributed by atoms with van der Waals surface area (Å²) in [6, 6.07) is 25.8. The van der Waals surface area contributed by atoms with Gasteiger partial charge in [0, 0.05) is 18.1 Å². The molecule has 1 heterocycles. The Morgan fingerprint density at radius 1 is 0.966 bits per heavy atom. The van der Waals surface area contributed by atoms with E-state index in [4.69, 9.17) is 0 Å². The van der Waals surface area contributed by atoms with Gasteiger partial charge in [-0.05, 0) is 47.4 Å². The first kappa shape index (κ1) is 20.3. The van der Waals surface area contributed by atoms with Crippen LogP contribution in [0.25, 0.3) is 11.3 Å². The van der Waals surface area contributed by atoms with E-state index in [-0.39, 0.29) is 5.82 Å². The number of imidazole rings is 1. The zero-order chi connectivity index (χ0) is 20.5. The van der Waals surface area contributed by atoms with Crippen LogP contribution in [0.2, 0.25) is 6.32 Å². The number of allylic oxidation sites excluding steroid dienone is 1. The van der Waals surface area contributed by atoms with Crippen LogP contribution in [-0.4, -0.2) is 17.4 Å². The average molecular weight is 382 g/mol. The molecular formula is C25H24BFN2. The van der Waals surface area contributed by atoms with Gasteiger partial charge in [0.1, 0.15) is 13.7 Å². The van der Waals surface area contributed by atoms with Gasteiger partial charge in [0.25, 0.3) is 0 Å². The van der Waals surface area contributed by atoms with Crippen LogP contribution in [-0.2, 0) is 0 Å². The second-order valence-corrected chi connectivity index (χ2v) is 6.66. The molecule has 0 spiro atoms. The lowest BCUT2D eigenvalue weighted by Crippen LogP contribution is -1.93. The molecular weight excluding hydrogens is 358 g/mol. The van der Waals surface area contributed by atoms with Crippen LogP contribution in [0.15, 0.2) is 104 Å². The van der Waals surface area contributed by atoms with Gasteiger partial charge in [-0.1, -0.05) is 73.1 Å². The van der Waals surface area contributed by atoms with E-state index < -0.39 is 0 Å². The molecule has 4 aromatic rings. The summed E-state index contributed by atoms with van der Waals surface area (Å²) in [5, 5.41) is 0. The average Bonchev–Trinajstić information content (AvgIpc) is 3.28. The second-order valence-electron chi connectivity index (χ2n) is 6.66. The molecule has 29 heavy (non-hydrogen) atoms. The van der Waals surface area contributed by atoms with E-state index in [9.17, 15) is 4.39 Å². The number of halogens is 1. The van der Waals surface area contributed by atoms with Gasteiger partial charge in [-0.3, -0.25) is 0 Å². The molecule has 0 aliphatic rings. The normalized spacial score (nSPS) is 10.0. The molecule has 4 heteroatoms. The fourth-order valence-corrected chi connectivity index (χ4v) is 3.15. The zero-order valence-electron chi connectivity index (χ0n) is 16.8. The van der Waals surface area contributed by atoms with Crippen molar-refractivity contribution in [1.29, 1.82) is 0 Å². The quantitative estimate of drug-likeness (QED) is 0.427. The lowest BCUT2D eigenvalue weighted by Gasteiger charge is -2.07. The van der Waals surface area contributed by atoms with Crippen LogP contribution in [0.5, 0.6) is 0 Å². The van der Waals surface area contributed by atoms with Crippen molar-refractivity contribution in [2.45, 2.75) is 13.2 Å². The summed E-state index contributed by atoms with van der Waals surface area (Å²) in [5.41, 5.74) is 5.76. The topological polar surface area (TPSA) is 17.8 Å². The third-order valence-corrected chi connectivity index (χ3v) is 4.52. The number of rotatable bonds is 4. The minimum absolute atomic E-state index is 0.207. The second kappa shape index (κ2) is 10.2. The third kappa shape index (κ3) is 5.55. The highest BCUT2D eigenvalue weighted by atomic mass is 19.1. The first-order chi connectivity index (χ1) is 14.2. The van der Waals surface area contributed by atoms with Gasteiger partial charge in [0.2, 0.25) is 0 Å². The van der Waals surface area contributed by atoms with E-state index in [1.165, 1.54) is 28.8 Å². The van der Waals surface area contributed by atoms with Crippen LogP contribution in [0.3, 0.4) is 0 Å². The molecule has 144 valence electrons. The Balaban J connectivity index is 0.000000169. The third-order valence-electron chi connectivity index (χ3n) is 4.52. The summed E-state index contributed by atoms with van der Waals surface area (Å²) in [4.78, 5) is 3.93. The van der Waals surface area contributed by atoms with Gasteiger partial charge in [-0.2, -0.15) is 0 Å². The number of hydrogen-bond donors (Lipinski definition) is 0. The summed E-state index contributed by atoms with van der Waals surface area (Å²) < 4.78 is 14.6. The minimum Gasteiger partial charge on any atom is -0.306 e. The molecule has 0 amide bonds. The Hall–Kier alpha value is -3.40. The van der Waals surface area contributed by atoms with Crippen LogP contribution in [0, 0.1) is 12.7 Å². The molecule has 0 atom stereocenters. The van der Waals surface area contributed by atoms with Crippen molar-refractivity contribution in [3.05, 3.63) is 126 Å². The van der Waals surface area contributed by atoms with Gasteiger partial charge in [-0.25, -0.2) is 9.37 Å². The molecule has 0 unspecified atom stereocenters. The number of aromatic nitrogens is 2. The molecule has 0 saturated carbocycles. The number of nitrogens with zero attached hydrogens (tertiary/aromatic N) is 2. The maximum atomic E-state index is 12.8. The van der Waals surface area contributed by atoms with Gasteiger partial charge in [-0.15, -0.1) is 0 Å². The largest absolute Gasteiger partial charge is 0.306 e. The van der Waals surface area contributed by atoms with Crippen LogP contribution in [0.1, 0.15) is 16.7 Å². The van der Waals surface area contributed by atoms with Crippen LogP contribution < -0.4 is 0 Å². The van der Waals surface area contributed by atoms with E-state index in [2.05, 4.69) is 79.6 Å². The standard InChI is InChI=1S/C15H15B.C10H9FN2/c16-12-11-15(13-7-3-1-4-8-13)14-9-5-2-6-10-14;1-8-6-9(11)2-3-10(8)13-5-4-12-7-13/h1-11H,12,16H2;2-7H,1H3. The van der Waals surface area contributed by atoms with Crippen molar-refractivity contribution in [3.8, 4) is 5.69 Å². The van der Waals surface area contributed by atoms with Gasteiger partial charge < -0.3 is 4.57 Å². The Bertz CT molecular complexity index is 1000. The smallest absolute Gasteiger partial charge is 0.123 e. The van der Waals surface area contributed by atoms with Gasteiger partial charge in [0.15, 0.2) is 0 Å². The Labute approximate surface area is 172 Å². The molecule has 0 N–H and O–H groups in total. The Kier molecular flexibility index (Phi) is 7.18. The minimum atomic E-state index is -0.207. The maximum Gasteiger partial charge on any atom is 0.123 e. The molecule has 0 fully saturated rings.